The first-order valence-electron chi connectivity index (χ1n) is 7.01. The van der Waals surface area contributed by atoms with E-state index in [2.05, 4.69) is 26.6 Å². The molecule has 20 heavy (non-hydrogen) atoms. The van der Waals surface area contributed by atoms with E-state index in [4.69, 9.17) is 4.74 Å². The summed E-state index contributed by atoms with van der Waals surface area (Å²) < 4.78 is 6.12. The lowest BCUT2D eigenvalue weighted by Gasteiger charge is -2.23. The van der Waals surface area contributed by atoms with Gasteiger partial charge in [-0.05, 0) is 59.4 Å². The second-order valence-electron chi connectivity index (χ2n) is 5.08. The van der Waals surface area contributed by atoms with E-state index in [9.17, 15) is 4.79 Å². The van der Waals surface area contributed by atoms with Crippen molar-refractivity contribution in [2.75, 3.05) is 20.2 Å². The van der Waals surface area contributed by atoms with Crippen LogP contribution in [0.25, 0.3) is 0 Å². The molecule has 0 spiro atoms. The molecule has 0 aliphatic carbocycles. The molecule has 110 valence electrons. The van der Waals surface area contributed by atoms with Gasteiger partial charge in [0, 0.05) is 19.0 Å². The fourth-order valence-electron chi connectivity index (χ4n) is 2.40. The molecule has 1 atom stereocenters. The van der Waals surface area contributed by atoms with Crippen LogP contribution in [0.2, 0.25) is 0 Å². The monoisotopic (exact) mass is 340 g/mol. The van der Waals surface area contributed by atoms with Gasteiger partial charge in [-0.2, -0.15) is 0 Å². The number of amides is 1. The highest BCUT2D eigenvalue weighted by atomic mass is 79.9. The number of ether oxygens (including phenoxy) is 1. The third-order valence-corrected chi connectivity index (χ3v) is 4.14. The summed E-state index contributed by atoms with van der Waals surface area (Å²) in [5, 5.41) is 6.39. The summed E-state index contributed by atoms with van der Waals surface area (Å²) in [5.74, 6) is 0.942. The number of methoxy groups -OCH3 is 1. The van der Waals surface area contributed by atoms with Crippen LogP contribution in [0.5, 0.6) is 5.75 Å². The number of hydrogen-bond acceptors (Lipinski definition) is 3. The van der Waals surface area contributed by atoms with Crippen LogP contribution >= 0.6 is 15.9 Å². The highest BCUT2D eigenvalue weighted by molar-refractivity contribution is 9.10. The van der Waals surface area contributed by atoms with Gasteiger partial charge in [-0.1, -0.05) is 6.07 Å². The zero-order valence-electron chi connectivity index (χ0n) is 11.7. The topological polar surface area (TPSA) is 50.4 Å². The standard InChI is InChI=1S/C15H21BrN2O2/c1-20-14-6-4-11(9-13(14)16)5-7-15(19)18-12-3-2-8-17-10-12/h4,6,9,12,17H,2-3,5,7-8,10H2,1H3,(H,18,19). The van der Waals surface area contributed by atoms with Crippen molar-refractivity contribution < 1.29 is 9.53 Å². The lowest BCUT2D eigenvalue weighted by atomic mass is 10.1. The molecule has 2 N–H and O–H groups in total. The van der Waals surface area contributed by atoms with Gasteiger partial charge < -0.3 is 15.4 Å². The quantitative estimate of drug-likeness (QED) is 0.864. The highest BCUT2D eigenvalue weighted by Crippen LogP contribution is 2.25. The van der Waals surface area contributed by atoms with Gasteiger partial charge >= 0.3 is 0 Å². The van der Waals surface area contributed by atoms with Gasteiger partial charge in [0.1, 0.15) is 5.75 Å². The average Bonchev–Trinajstić information content (AvgIpc) is 2.46. The molecule has 1 heterocycles. The van der Waals surface area contributed by atoms with E-state index < -0.39 is 0 Å². The Morgan fingerprint density at radius 1 is 1.55 bits per heavy atom. The Bertz CT molecular complexity index is 459. The Hall–Kier alpha value is -1.07. The number of aryl methyl sites for hydroxylation is 1. The molecule has 5 heteroatoms. The van der Waals surface area contributed by atoms with Crippen LogP contribution in [0.3, 0.4) is 0 Å². The molecule has 1 aliphatic heterocycles. The van der Waals surface area contributed by atoms with Crippen molar-refractivity contribution in [1.29, 1.82) is 0 Å². The van der Waals surface area contributed by atoms with Crippen LogP contribution in [0, 0.1) is 0 Å². The first-order chi connectivity index (χ1) is 9.69. The van der Waals surface area contributed by atoms with E-state index >= 15 is 0 Å². The normalized spacial score (nSPS) is 18.6. The van der Waals surface area contributed by atoms with Crippen molar-refractivity contribution in [3.63, 3.8) is 0 Å². The fourth-order valence-corrected chi connectivity index (χ4v) is 2.99. The number of piperidine rings is 1. The SMILES string of the molecule is COc1ccc(CCC(=O)NC2CCCNC2)cc1Br. The maximum Gasteiger partial charge on any atom is 0.220 e. The van der Waals surface area contributed by atoms with Gasteiger partial charge in [-0.15, -0.1) is 0 Å². The van der Waals surface area contributed by atoms with Gasteiger partial charge in [-0.3, -0.25) is 4.79 Å². The number of halogens is 1. The Labute approximate surface area is 128 Å². The summed E-state index contributed by atoms with van der Waals surface area (Å²) in [6, 6.07) is 6.22. The Kier molecular flexibility index (Phi) is 5.86. The van der Waals surface area contributed by atoms with Crippen molar-refractivity contribution >= 4 is 21.8 Å². The van der Waals surface area contributed by atoms with Crippen molar-refractivity contribution in [3.05, 3.63) is 28.2 Å². The van der Waals surface area contributed by atoms with Crippen LogP contribution in [0.1, 0.15) is 24.8 Å². The zero-order chi connectivity index (χ0) is 14.4. The summed E-state index contributed by atoms with van der Waals surface area (Å²) in [5.41, 5.74) is 1.13. The minimum atomic E-state index is 0.130. The number of carbonyl (C=O) groups is 1. The van der Waals surface area contributed by atoms with Crippen LogP contribution in [-0.4, -0.2) is 32.1 Å². The van der Waals surface area contributed by atoms with E-state index in [0.29, 0.717) is 12.5 Å². The molecular weight excluding hydrogens is 320 g/mol. The van der Waals surface area contributed by atoms with E-state index in [1.807, 2.05) is 18.2 Å². The summed E-state index contributed by atoms with van der Waals surface area (Å²) in [4.78, 5) is 11.9. The lowest BCUT2D eigenvalue weighted by molar-refractivity contribution is -0.121. The minimum Gasteiger partial charge on any atom is -0.496 e. The molecule has 1 aromatic rings. The summed E-state index contributed by atoms with van der Waals surface area (Å²) >= 11 is 3.46. The molecule has 1 aliphatic rings. The fraction of sp³-hybridized carbons (Fsp3) is 0.533. The molecule has 1 unspecified atom stereocenters. The lowest BCUT2D eigenvalue weighted by Crippen LogP contribution is -2.45. The van der Waals surface area contributed by atoms with Crippen molar-refractivity contribution in [2.24, 2.45) is 0 Å². The van der Waals surface area contributed by atoms with E-state index in [1.165, 1.54) is 0 Å². The maximum absolute atomic E-state index is 11.9. The Morgan fingerprint density at radius 2 is 2.40 bits per heavy atom. The zero-order valence-corrected chi connectivity index (χ0v) is 13.3. The first kappa shape index (κ1) is 15.3. The third-order valence-electron chi connectivity index (χ3n) is 3.52. The molecule has 1 fully saturated rings. The second-order valence-corrected chi connectivity index (χ2v) is 5.93. The molecule has 0 aromatic heterocycles. The first-order valence-corrected chi connectivity index (χ1v) is 7.81. The van der Waals surface area contributed by atoms with Crippen molar-refractivity contribution in [1.82, 2.24) is 10.6 Å². The van der Waals surface area contributed by atoms with Crippen molar-refractivity contribution in [3.8, 4) is 5.75 Å². The summed E-state index contributed by atoms with van der Waals surface area (Å²) in [6.45, 7) is 1.95. The highest BCUT2D eigenvalue weighted by Gasteiger charge is 2.15. The van der Waals surface area contributed by atoms with Gasteiger partial charge in [0.05, 0.1) is 11.6 Å². The molecule has 0 bridgehead atoms. The van der Waals surface area contributed by atoms with E-state index in [-0.39, 0.29) is 5.91 Å². The molecule has 0 radical (unpaired) electrons. The van der Waals surface area contributed by atoms with Crippen LogP contribution in [0.4, 0.5) is 0 Å². The van der Waals surface area contributed by atoms with Crippen LogP contribution in [-0.2, 0) is 11.2 Å². The summed E-state index contributed by atoms with van der Waals surface area (Å²) in [6.07, 6.45) is 3.48. The van der Waals surface area contributed by atoms with Gasteiger partial charge in [0.15, 0.2) is 0 Å². The molecule has 4 nitrogen and oxygen atoms in total. The second kappa shape index (κ2) is 7.64. The summed E-state index contributed by atoms with van der Waals surface area (Å²) in [7, 11) is 1.64. The van der Waals surface area contributed by atoms with Gasteiger partial charge in [-0.25, -0.2) is 0 Å². The average molecular weight is 341 g/mol. The number of carbonyl (C=O) groups excluding carboxylic acids is 1. The minimum absolute atomic E-state index is 0.130. The van der Waals surface area contributed by atoms with E-state index in [0.717, 1.165) is 48.1 Å². The number of nitrogens with one attached hydrogen (secondary N) is 2. The van der Waals surface area contributed by atoms with Gasteiger partial charge in [0.25, 0.3) is 0 Å². The Morgan fingerprint density at radius 3 is 3.05 bits per heavy atom. The van der Waals surface area contributed by atoms with Gasteiger partial charge in [0.2, 0.25) is 5.91 Å². The predicted molar refractivity (Wildman–Crippen MR) is 83.0 cm³/mol. The predicted octanol–water partition coefficient (Wildman–Crippen LogP) is 2.26. The number of rotatable bonds is 5. The molecular formula is C15H21BrN2O2. The smallest absolute Gasteiger partial charge is 0.220 e. The van der Waals surface area contributed by atoms with E-state index in [1.54, 1.807) is 7.11 Å². The molecule has 1 amide bonds. The number of benzene rings is 1. The van der Waals surface area contributed by atoms with Crippen LogP contribution < -0.4 is 15.4 Å². The third kappa shape index (κ3) is 4.49. The van der Waals surface area contributed by atoms with Crippen molar-refractivity contribution in [2.45, 2.75) is 31.7 Å². The number of hydrogen-bond donors (Lipinski definition) is 2. The van der Waals surface area contributed by atoms with Crippen LogP contribution in [0.15, 0.2) is 22.7 Å². The molecule has 1 saturated heterocycles. The maximum atomic E-state index is 11.9. The Balaban J connectivity index is 1.79. The molecule has 2 rings (SSSR count). The molecule has 1 aromatic carbocycles. The largest absolute Gasteiger partial charge is 0.496 e. The molecule has 0 saturated carbocycles.